The number of aliphatic imine (C=N–C) groups is 1. The van der Waals surface area contributed by atoms with E-state index in [9.17, 15) is 0 Å². The number of nitrogens with one attached hydrogen (secondary N) is 2. The monoisotopic (exact) mass is 342 g/mol. The van der Waals surface area contributed by atoms with Gasteiger partial charge in [-0.05, 0) is 31.9 Å². The summed E-state index contributed by atoms with van der Waals surface area (Å²) in [7, 11) is 0. The van der Waals surface area contributed by atoms with Gasteiger partial charge < -0.3 is 15.1 Å². The third-order valence-electron chi connectivity index (χ3n) is 4.02. The summed E-state index contributed by atoms with van der Waals surface area (Å²) in [4.78, 5) is 8.95. The van der Waals surface area contributed by atoms with E-state index in [4.69, 9.17) is 4.42 Å². The molecule has 2 N–H and O–H groups in total. The third-order valence-corrected chi connectivity index (χ3v) is 4.02. The summed E-state index contributed by atoms with van der Waals surface area (Å²) >= 11 is 0. The fourth-order valence-corrected chi connectivity index (χ4v) is 2.55. The molecule has 1 atom stereocenters. The van der Waals surface area contributed by atoms with Crippen molar-refractivity contribution in [2.45, 2.75) is 59.5 Å². The van der Waals surface area contributed by atoms with Crippen LogP contribution in [0.25, 0.3) is 0 Å². The summed E-state index contributed by atoms with van der Waals surface area (Å²) in [5.74, 6) is 2.27. The minimum absolute atomic E-state index is 0.0446. The van der Waals surface area contributed by atoms with Crippen molar-refractivity contribution >= 4 is 5.96 Å². The molecule has 0 amide bonds. The first-order valence-corrected chi connectivity index (χ1v) is 8.86. The van der Waals surface area contributed by atoms with E-state index in [1.165, 1.54) is 11.1 Å². The fourth-order valence-electron chi connectivity index (χ4n) is 2.55. The van der Waals surface area contributed by atoms with Gasteiger partial charge in [-0.25, -0.2) is 9.98 Å². The van der Waals surface area contributed by atoms with Crippen LogP contribution in [0.3, 0.4) is 0 Å². The Morgan fingerprint density at radius 2 is 2.00 bits per heavy atom. The van der Waals surface area contributed by atoms with Gasteiger partial charge in [0.2, 0.25) is 5.89 Å². The standard InChI is InChI=1S/C20H30N4O/c1-7-21-19(24-15(3)16-11-9-8-10-14(16)2)23-13-18-22-12-17(25-18)20(4,5)6/h8-12,15H,7,13H2,1-6H3,(H2,21,23,24). The summed E-state index contributed by atoms with van der Waals surface area (Å²) in [6, 6.07) is 8.54. The first-order valence-electron chi connectivity index (χ1n) is 8.86. The second-order valence-corrected chi connectivity index (χ2v) is 7.29. The molecular weight excluding hydrogens is 312 g/mol. The van der Waals surface area contributed by atoms with Crippen LogP contribution < -0.4 is 10.6 Å². The lowest BCUT2D eigenvalue weighted by Crippen LogP contribution is -2.38. The number of rotatable bonds is 5. The second-order valence-electron chi connectivity index (χ2n) is 7.29. The van der Waals surface area contributed by atoms with Crippen molar-refractivity contribution in [2.24, 2.45) is 4.99 Å². The van der Waals surface area contributed by atoms with Crippen LogP contribution in [-0.4, -0.2) is 17.5 Å². The Morgan fingerprint density at radius 3 is 2.60 bits per heavy atom. The normalized spacial score (nSPS) is 13.6. The Bertz CT molecular complexity index is 712. The zero-order valence-corrected chi connectivity index (χ0v) is 16.2. The highest BCUT2D eigenvalue weighted by atomic mass is 16.4. The van der Waals surface area contributed by atoms with E-state index < -0.39 is 0 Å². The lowest BCUT2D eigenvalue weighted by molar-refractivity contribution is 0.383. The van der Waals surface area contributed by atoms with Crippen molar-refractivity contribution in [2.75, 3.05) is 6.54 Å². The minimum Gasteiger partial charge on any atom is -0.443 e. The molecule has 1 heterocycles. The number of oxazole rings is 1. The van der Waals surface area contributed by atoms with Crippen LogP contribution in [0.4, 0.5) is 0 Å². The molecule has 0 spiro atoms. The topological polar surface area (TPSA) is 62.5 Å². The maximum Gasteiger partial charge on any atom is 0.216 e. The van der Waals surface area contributed by atoms with Crippen LogP contribution >= 0.6 is 0 Å². The van der Waals surface area contributed by atoms with Crippen LogP contribution in [0.1, 0.15) is 63.4 Å². The Hall–Kier alpha value is -2.30. The molecule has 0 aliphatic carbocycles. The van der Waals surface area contributed by atoms with Crippen molar-refractivity contribution < 1.29 is 4.42 Å². The van der Waals surface area contributed by atoms with Crippen molar-refractivity contribution in [3.05, 3.63) is 53.2 Å². The zero-order valence-electron chi connectivity index (χ0n) is 16.2. The van der Waals surface area contributed by atoms with Crippen LogP contribution in [0.2, 0.25) is 0 Å². The van der Waals surface area contributed by atoms with E-state index in [0.717, 1.165) is 18.3 Å². The molecular formula is C20H30N4O. The molecule has 2 aromatic rings. The fraction of sp³-hybridized carbons (Fsp3) is 0.500. The number of aromatic nitrogens is 1. The molecule has 5 heteroatoms. The highest BCUT2D eigenvalue weighted by molar-refractivity contribution is 5.80. The van der Waals surface area contributed by atoms with Gasteiger partial charge in [0.15, 0.2) is 5.96 Å². The molecule has 25 heavy (non-hydrogen) atoms. The highest BCUT2D eigenvalue weighted by Crippen LogP contribution is 2.23. The largest absolute Gasteiger partial charge is 0.443 e. The number of hydrogen-bond acceptors (Lipinski definition) is 3. The van der Waals surface area contributed by atoms with Gasteiger partial charge in [-0.3, -0.25) is 0 Å². The van der Waals surface area contributed by atoms with Crippen LogP contribution in [-0.2, 0) is 12.0 Å². The molecule has 1 aromatic heterocycles. The van der Waals surface area contributed by atoms with E-state index in [1.807, 2.05) is 0 Å². The molecule has 0 aliphatic rings. The molecule has 0 radical (unpaired) electrons. The van der Waals surface area contributed by atoms with Gasteiger partial charge in [-0.1, -0.05) is 45.0 Å². The summed E-state index contributed by atoms with van der Waals surface area (Å²) in [6.07, 6.45) is 1.79. The van der Waals surface area contributed by atoms with Crippen molar-refractivity contribution in [1.82, 2.24) is 15.6 Å². The molecule has 0 fully saturated rings. The summed E-state index contributed by atoms with van der Waals surface area (Å²) in [6.45, 7) is 13.8. The Morgan fingerprint density at radius 1 is 1.28 bits per heavy atom. The second kappa shape index (κ2) is 8.19. The van der Waals surface area contributed by atoms with Crippen LogP contribution in [0.15, 0.2) is 39.9 Å². The van der Waals surface area contributed by atoms with Crippen molar-refractivity contribution in [1.29, 1.82) is 0 Å². The number of benzene rings is 1. The first-order chi connectivity index (χ1) is 11.8. The maximum absolute atomic E-state index is 5.81. The molecule has 1 unspecified atom stereocenters. The van der Waals surface area contributed by atoms with Crippen molar-refractivity contribution in [3.63, 3.8) is 0 Å². The Balaban J connectivity index is 2.08. The van der Waals surface area contributed by atoms with Gasteiger partial charge >= 0.3 is 0 Å². The van der Waals surface area contributed by atoms with E-state index in [2.05, 4.69) is 86.4 Å². The van der Waals surface area contributed by atoms with Gasteiger partial charge in [-0.15, -0.1) is 0 Å². The maximum atomic E-state index is 5.81. The minimum atomic E-state index is -0.0446. The predicted molar refractivity (Wildman–Crippen MR) is 103 cm³/mol. The molecule has 0 aliphatic heterocycles. The quantitative estimate of drug-likeness (QED) is 0.634. The Kier molecular flexibility index (Phi) is 6.23. The number of hydrogen-bond donors (Lipinski definition) is 2. The zero-order chi connectivity index (χ0) is 18.4. The summed E-state index contributed by atoms with van der Waals surface area (Å²) in [5.41, 5.74) is 2.48. The average Bonchev–Trinajstić information content (AvgIpc) is 3.02. The Labute approximate surface area is 151 Å². The number of guanidine groups is 1. The van der Waals surface area contributed by atoms with E-state index >= 15 is 0 Å². The van der Waals surface area contributed by atoms with Gasteiger partial charge in [-0.2, -0.15) is 0 Å². The van der Waals surface area contributed by atoms with Gasteiger partial charge in [0.25, 0.3) is 0 Å². The number of aryl methyl sites for hydroxylation is 1. The first kappa shape index (κ1) is 19.0. The van der Waals surface area contributed by atoms with E-state index in [0.29, 0.717) is 12.4 Å². The molecule has 2 rings (SSSR count). The van der Waals surface area contributed by atoms with Gasteiger partial charge in [0.1, 0.15) is 12.3 Å². The summed E-state index contributed by atoms with van der Waals surface area (Å²) in [5, 5.41) is 6.73. The smallest absolute Gasteiger partial charge is 0.216 e. The molecule has 136 valence electrons. The third kappa shape index (κ3) is 5.34. The van der Waals surface area contributed by atoms with Crippen LogP contribution in [0.5, 0.6) is 0 Å². The van der Waals surface area contributed by atoms with E-state index in [-0.39, 0.29) is 11.5 Å². The van der Waals surface area contributed by atoms with Gasteiger partial charge in [0, 0.05) is 12.0 Å². The molecule has 5 nitrogen and oxygen atoms in total. The average molecular weight is 342 g/mol. The summed E-state index contributed by atoms with van der Waals surface area (Å²) < 4.78 is 5.81. The molecule has 0 saturated carbocycles. The molecule has 0 saturated heterocycles. The van der Waals surface area contributed by atoms with E-state index in [1.54, 1.807) is 6.20 Å². The lowest BCUT2D eigenvalue weighted by atomic mass is 9.94. The molecule has 0 bridgehead atoms. The lowest BCUT2D eigenvalue weighted by Gasteiger charge is -2.19. The van der Waals surface area contributed by atoms with Gasteiger partial charge in [0.05, 0.1) is 12.2 Å². The highest BCUT2D eigenvalue weighted by Gasteiger charge is 2.19. The van der Waals surface area contributed by atoms with Crippen LogP contribution in [0, 0.1) is 6.92 Å². The van der Waals surface area contributed by atoms with Crippen molar-refractivity contribution in [3.8, 4) is 0 Å². The molecule has 1 aromatic carbocycles. The SMILES string of the molecule is CCNC(=NCc1ncc(C(C)(C)C)o1)NC(C)c1ccccc1C. The number of nitrogens with zero attached hydrogens (tertiary/aromatic N) is 2. The predicted octanol–water partition coefficient (Wildman–Crippen LogP) is 4.10.